The highest BCUT2D eigenvalue weighted by molar-refractivity contribution is 5.96. The Morgan fingerprint density at radius 2 is 2.10 bits per heavy atom. The average Bonchev–Trinajstić information content (AvgIpc) is 2.82. The Labute approximate surface area is 125 Å². The summed E-state index contributed by atoms with van der Waals surface area (Å²) in [5.41, 5.74) is 4.81. The van der Waals surface area contributed by atoms with Crippen molar-refractivity contribution in [1.29, 1.82) is 0 Å². The quantitative estimate of drug-likeness (QED) is 0.801. The van der Waals surface area contributed by atoms with Crippen LogP contribution in [0, 0.1) is 11.3 Å². The Hall–Kier alpha value is -1.77. The molecule has 3 nitrogen and oxygen atoms in total. The predicted octanol–water partition coefficient (Wildman–Crippen LogP) is 4.11. The lowest BCUT2D eigenvalue weighted by Gasteiger charge is -2.34. The maximum absolute atomic E-state index is 11.7. The van der Waals surface area contributed by atoms with Crippen molar-refractivity contribution in [3.05, 3.63) is 35.0 Å². The van der Waals surface area contributed by atoms with Gasteiger partial charge in [-0.2, -0.15) is 0 Å². The van der Waals surface area contributed by atoms with Crippen LogP contribution in [0.5, 0.6) is 0 Å². The van der Waals surface area contributed by atoms with Gasteiger partial charge in [0.2, 0.25) is 0 Å². The number of nitrogens with one attached hydrogen (secondary N) is 1. The van der Waals surface area contributed by atoms with Crippen LogP contribution in [0.15, 0.2) is 18.2 Å². The number of esters is 1. The number of methoxy groups -OCH3 is 1. The molecule has 1 unspecified atom stereocenters. The first kappa shape index (κ1) is 14.2. The summed E-state index contributed by atoms with van der Waals surface area (Å²) in [7, 11) is 1.43. The van der Waals surface area contributed by atoms with Crippen molar-refractivity contribution < 1.29 is 9.53 Å². The molecule has 0 spiro atoms. The molecule has 0 saturated heterocycles. The zero-order valence-electron chi connectivity index (χ0n) is 13.2. The standard InChI is InChI=1S/C18H23NO2/c1-18(2,3)12-6-8-16-14(10-12)13-9-11(17(20)21-4)5-7-15(13)19-16/h5,7,9,12,19H,6,8,10H2,1-4H3. The molecule has 0 radical (unpaired) electrons. The van der Waals surface area contributed by atoms with Crippen LogP contribution in [0.2, 0.25) is 0 Å². The predicted molar refractivity (Wildman–Crippen MR) is 84.6 cm³/mol. The van der Waals surface area contributed by atoms with E-state index in [1.165, 1.54) is 30.2 Å². The van der Waals surface area contributed by atoms with Gasteiger partial charge in [-0.25, -0.2) is 4.79 Å². The van der Waals surface area contributed by atoms with Crippen LogP contribution < -0.4 is 0 Å². The molecule has 2 aromatic rings. The molecule has 1 N–H and O–H groups in total. The number of hydrogen-bond acceptors (Lipinski definition) is 2. The smallest absolute Gasteiger partial charge is 0.337 e. The largest absolute Gasteiger partial charge is 0.465 e. The average molecular weight is 285 g/mol. The number of carbonyl (C=O) groups excluding carboxylic acids is 1. The van der Waals surface area contributed by atoms with Crippen molar-refractivity contribution in [2.75, 3.05) is 7.11 Å². The summed E-state index contributed by atoms with van der Waals surface area (Å²) in [4.78, 5) is 15.3. The van der Waals surface area contributed by atoms with Crippen LogP contribution in [0.4, 0.5) is 0 Å². The molecule has 1 aliphatic rings. The number of H-pyrrole nitrogens is 1. The number of hydrogen-bond donors (Lipinski definition) is 1. The van der Waals surface area contributed by atoms with Gasteiger partial charge >= 0.3 is 5.97 Å². The summed E-state index contributed by atoms with van der Waals surface area (Å²) in [5, 5.41) is 1.18. The molecular weight excluding hydrogens is 262 g/mol. The van der Waals surface area contributed by atoms with Gasteiger partial charge in [-0.15, -0.1) is 0 Å². The zero-order valence-corrected chi connectivity index (χ0v) is 13.2. The summed E-state index contributed by atoms with van der Waals surface area (Å²) in [5.74, 6) is 0.417. The second-order valence-corrected chi connectivity index (χ2v) is 7.14. The van der Waals surface area contributed by atoms with Gasteiger partial charge in [0.25, 0.3) is 0 Å². The van der Waals surface area contributed by atoms with Gasteiger partial charge in [-0.05, 0) is 54.4 Å². The summed E-state index contributed by atoms with van der Waals surface area (Å²) in [6, 6.07) is 5.80. The van der Waals surface area contributed by atoms with Gasteiger partial charge < -0.3 is 9.72 Å². The molecule has 1 aromatic heterocycles. The molecule has 0 amide bonds. The van der Waals surface area contributed by atoms with Crippen LogP contribution >= 0.6 is 0 Å². The number of benzene rings is 1. The van der Waals surface area contributed by atoms with Gasteiger partial charge in [0.1, 0.15) is 0 Å². The molecule has 0 bridgehead atoms. The normalized spacial score (nSPS) is 18.6. The first-order valence-electron chi connectivity index (χ1n) is 7.62. The SMILES string of the molecule is COC(=O)c1ccc2[nH]c3c(c2c1)CC(C(C)(C)C)CC3. The Bertz CT molecular complexity index is 691. The first-order chi connectivity index (χ1) is 9.90. The van der Waals surface area contributed by atoms with Gasteiger partial charge in [-0.1, -0.05) is 20.8 Å². The number of ether oxygens (including phenoxy) is 1. The Kier molecular flexibility index (Phi) is 3.31. The maximum atomic E-state index is 11.7. The molecule has 1 aliphatic carbocycles. The molecule has 1 atom stereocenters. The molecule has 1 aromatic carbocycles. The molecule has 21 heavy (non-hydrogen) atoms. The van der Waals surface area contributed by atoms with Crippen molar-refractivity contribution in [1.82, 2.24) is 4.98 Å². The third-order valence-electron chi connectivity index (χ3n) is 4.83. The summed E-state index contributed by atoms with van der Waals surface area (Å²) in [6.07, 6.45) is 3.41. The third kappa shape index (κ3) is 2.45. The van der Waals surface area contributed by atoms with E-state index >= 15 is 0 Å². The fraction of sp³-hybridized carbons (Fsp3) is 0.500. The molecule has 3 heteroatoms. The van der Waals surface area contributed by atoms with Crippen molar-refractivity contribution >= 4 is 16.9 Å². The number of carbonyl (C=O) groups is 1. The Morgan fingerprint density at radius 1 is 1.33 bits per heavy atom. The topological polar surface area (TPSA) is 42.1 Å². The fourth-order valence-electron chi connectivity index (χ4n) is 3.40. The number of aryl methyl sites for hydroxylation is 1. The van der Waals surface area contributed by atoms with E-state index in [0.29, 0.717) is 16.9 Å². The first-order valence-corrected chi connectivity index (χ1v) is 7.62. The molecule has 3 rings (SSSR count). The van der Waals surface area contributed by atoms with Crippen LogP contribution in [0.1, 0.15) is 48.8 Å². The van der Waals surface area contributed by atoms with Gasteiger partial charge in [0.05, 0.1) is 12.7 Å². The lowest BCUT2D eigenvalue weighted by Crippen LogP contribution is -2.26. The molecule has 0 saturated carbocycles. The summed E-state index contributed by atoms with van der Waals surface area (Å²) < 4.78 is 4.83. The van der Waals surface area contributed by atoms with E-state index in [2.05, 4.69) is 25.8 Å². The minimum absolute atomic E-state index is 0.268. The highest BCUT2D eigenvalue weighted by atomic mass is 16.5. The monoisotopic (exact) mass is 285 g/mol. The van der Waals surface area contributed by atoms with E-state index in [1.807, 2.05) is 18.2 Å². The summed E-state index contributed by atoms with van der Waals surface area (Å²) in [6.45, 7) is 6.95. The van der Waals surface area contributed by atoms with Crippen LogP contribution in [-0.2, 0) is 17.6 Å². The van der Waals surface area contributed by atoms with Crippen molar-refractivity contribution in [2.45, 2.75) is 40.0 Å². The fourth-order valence-corrected chi connectivity index (χ4v) is 3.40. The highest BCUT2D eigenvalue weighted by Gasteiger charge is 2.30. The molecule has 112 valence electrons. The number of aromatic nitrogens is 1. The third-order valence-corrected chi connectivity index (χ3v) is 4.83. The number of fused-ring (bicyclic) bond motifs is 3. The zero-order chi connectivity index (χ0) is 15.2. The van der Waals surface area contributed by atoms with Gasteiger partial charge in [0, 0.05) is 16.6 Å². The van der Waals surface area contributed by atoms with E-state index < -0.39 is 0 Å². The van der Waals surface area contributed by atoms with Crippen molar-refractivity contribution in [2.24, 2.45) is 11.3 Å². The lowest BCUT2D eigenvalue weighted by atomic mass is 9.71. The number of aromatic amines is 1. The minimum atomic E-state index is -0.268. The minimum Gasteiger partial charge on any atom is -0.465 e. The summed E-state index contributed by atoms with van der Waals surface area (Å²) >= 11 is 0. The van der Waals surface area contributed by atoms with Crippen LogP contribution in [0.3, 0.4) is 0 Å². The van der Waals surface area contributed by atoms with E-state index in [-0.39, 0.29) is 5.97 Å². The number of rotatable bonds is 1. The molecule has 0 aliphatic heterocycles. The molecule has 0 fully saturated rings. The van der Waals surface area contributed by atoms with Gasteiger partial charge in [-0.3, -0.25) is 0 Å². The van der Waals surface area contributed by atoms with Gasteiger partial charge in [0.15, 0.2) is 0 Å². The Balaban J connectivity index is 2.06. The van der Waals surface area contributed by atoms with E-state index in [0.717, 1.165) is 18.4 Å². The van der Waals surface area contributed by atoms with Crippen molar-refractivity contribution in [3.63, 3.8) is 0 Å². The lowest BCUT2D eigenvalue weighted by molar-refractivity contribution is 0.0601. The van der Waals surface area contributed by atoms with Crippen LogP contribution in [-0.4, -0.2) is 18.1 Å². The second kappa shape index (κ2) is 4.90. The van der Waals surface area contributed by atoms with Crippen molar-refractivity contribution in [3.8, 4) is 0 Å². The van der Waals surface area contributed by atoms with E-state index in [9.17, 15) is 4.79 Å². The maximum Gasteiger partial charge on any atom is 0.337 e. The van der Waals surface area contributed by atoms with Crippen LogP contribution in [0.25, 0.3) is 10.9 Å². The van der Waals surface area contributed by atoms with E-state index in [4.69, 9.17) is 4.74 Å². The highest BCUT2D eigenvalue weighted by Crippen LogP contribution is 2.39. The molecule has 1 heterocycles. The molecular formula is C18H23NO2. The second-order valence-electron chi connectivity index (χ2n) is 7.14. The van der Waals surface area contributed by atoms with E-state index in [1.54, 1.807) is 0 Å². The Morgan fingerprint density at radius 3 is 2.76 bits per heavy atom.